The number of hydrogen-bond donors (Lipinski definition) is 3. The monoisotopic (exact) mass is 284 g/mol. The molecule has 3 rings (SSSR count). The summed E-state index contributed by atoms with van der Waals surface area (Å²) in [5.74, 6) is -1.26. The van der Waals surface area contributed by atoms with Gasteiger partial charge in [0.05, 0.1) is 11.5 Å². The molecule has 0 saturated heterocycles. The number of aromatic nitrogens is 1. The van der Waals surface area contributed by atoms with Gasteiger partial charge in [-0.2, -0.15) is 0 Å². The van der Waals surface area contributed by atoms with E-state index in [0.717, 1.165) is 16.9 Å². The summed E-state index contributed by atoms with van der Waals surface area (Å²) >= 11 is 0. The molecule has 21 heavy (non-hydrogen) atoms. The molecule has 0 bridgehead atoms. The van der Waals surface area contributed by atoms with Crippen LogP contribution in [-0.2, 0) is 11.2 Å². The molecule has 0 fully saturated rings. The Kier molecular flexibility index (Phi) is 3.05. The number of aryl methyl sites for hydroxylation is 1. The number of anilines is 1. The Hall–Kier alpha value is -2.56. The molecule has 0 aliphatic carbocycles. The number of aromatic amines is 1. The third-order valence-corrected chi connectivity index (χ3v) is 4.07. The van der Waals surface area contributed by atoms with E-state index >= 15 is 0 Å². The minimum atomic E-state index is -0.941. The summed E-state index contributed by atoms with van der Waals surface area (Å²) in [4.78, 5) is 26.5. The van der Waals surface area contributed by atoms with Crippen molar-refractivity contribution >= 4 is 17.6 Å². The van der Waals surface area contributed by atoms with E-state index in [0.29, 0.717) is 23.2 Å². The van der Waals surface area contributed by atoms with Gasteiger partial charge in [-0.1, -0.05) is 18.2 Å². The summed E-state index contributed by atoms with van der Waals surface area (Å²) in [6.45, 7) is 3.52. The van der Waals surface area contributed by atoms with Crippen LogP contribution in [0.1, 0.15) is 38.8 Å². The van der Waals surface area contributed by atoms with Crippen LogP contribution in [0.4, 0.5) is 5.69 Å². The van der Waals surface area contributed by atoms with Crippen molar-refractivity contribution in [2.45, 2.75) is 26.2 Å². The molecule has 1 aromatic heterocycles. The highest BCUT2D eigenvalue weighted by Crippen LogP contribution is 2.35. The quantitative estimate of drug-likeness (QED) is 0.810. The van der Waals surface area contributed by atoms with Gasteiger partial charge < -0.3 is 15.4 Å². The lowest BCUT2D eigenvalue weighted by atomic mass is 9.94. The number of carbonyl (C=O) groups is 2. The molecule has 0 radical (unpaired) electrons. The van der Waals surface area contributed by atoms with Gasteiger partial charge in [0.2, 0.25) is 5.91 Å². The molecule has 0 spiro atoms. The van der Waals surface area contributed by atoms with Gasteiger partial charge in [0.25, 0.3) is 0 Å². The summed E-state index contributed by atoms with van der Waals surface area (Å²) in [5, 5.41) is 12.1. The van der Waals surface area contributed by atoms with Crippen LogP contribution in [-0.4, -0.2) is 22.0 Å². The average Bonchev–Trinajstić information content (AvgIpc) is 2.88. The summed E-state index contributed by atoms with van der Waals surface area (Å²) in [5.41, 5.74) is 4.25. The number of hydrogen-bond acceptors (Lipinski definition) is 2. The normalized spacial score (nSPS) is 16.7. The molecule has 1 atom stereocenters. The van der Waals surface area contributed by atoms with Crippen LogP contribution in [0.15, 0.2) is 24.3 Å². The van der Waals surface area contributed by atoms with Crippen LogP contribution in [0.5, 0.6) is 0 Å². The van der Waals surface area contributed by atoms with Crippen molar-refractivity contribution in [3.8, 4) is 0 Å². The number of carbonyl (C=O) groups excluding carboxylic acids is 1. The van der Waals surface area contributed by atoms with E-state index in [-0.39, 0.29) is 11.8 Å². The van der Waals surface area contributed by atoms with Gasteiger partial charge in [-0.25, -0.2) is 4.79 Å². The van der Waals surface area contributed by atoms with Gasteiger partial charge in [-0.3, -0.25) is 4.79 Å². The molecular weight excluding hydrogens is 268 g/mol. The molecular formula is C16H16N2O3. The van der Waals surface area contributed by atoms with E-state index in [1.165, 1.54) is 0 Å². The second kappa shape index (κ2) is 4.77. The number of aromatic carboxylic acids is 1. The van der Waals surface area contributed by atoms with Crippen LogP contribution < -0.4 is 5.32 Å². The number of H-pyrrole nitrogens is 1. The van der Waals surface area contributed by atoms with Crippen molar-refractivity contribution in [3.63, 3.8) is 0 Å². The van der Waals surface area contributed by atoms with Gasteiger partial charge >= 0.3 is 5.97 Å². The molecule has 1 aliphatic heterocycles. The van der Waals surface area contributed by atoms with Crippen molar-refractivity contribution in [3.05, 3.63) is 52.3 Å². The molecule has 1 aliphatic rings. The zero-order valence-electron chi connectivity index (χ0n) is 11.9. The molecule has 1 amide bonds. The zero-order valence-corrected chi connectivity index (χ0v) is 11.9. The largest absolute Gasteiger partial charge is 0.478 e. The third kappa shape index (κ3) is 2.11. The lowest BCUT2D eigenvalue weighted by molar-refractivity contribution is -0.117. The lowest BCUT2D eigenvalue weighted by Crippen LogP contribution is -2.15. The average molecular weight is 284 g/mol. The molecule has 5 nitrogen and oxygen atoms in total. The minimum Gasteiger partial charge on any atom is -0.478 e. The molecule has 2 heterocycles. The zero-order chi connectivity index (χ0) is 15.1. The highest BCUT2D eigenvalue weighted by Gasteiger charge is 2.31. The highest BCUT2D eigenvalue weighted by molar-refractivity contribution is 6.03. The van der Waals surface area contributed by atoms with Gasteiger partial charge in [0.15, 0.2) is 0 Å². The Morgan fingerprint density at radius 1 is 1.29 bits per heavy atom. The van der Waals surface area contributed by atoms with Gasteiger partial charge in [0.1, 0.15) is 0 Å². The molecule has 1 unspecified atom stereocenters. The topological polar surface area (TPSA) is 82.2 Å². The van der Waals surface area contributed by atoms with Crippen molar-refractivity contribution in [2.24, 2.45) is 0 Å². The highest BCUT2D eigenvalue weighted by atomic mass is 16.4. The van der Waals surface area contributed by atoms with E-state index in [1.54, 1.807) is 13.8 Å². The number of benzene rings is 1. The number of carboxylic acids is 1. The molecule has 0 saturated carbocycles. The molecule has 5 heteroatoms. The van der Waals surface area contributed by atoms with Crippen LogP contribution in [0.2, 0.25) is 0 Å². The second-order valence-electron chi connectivity index (χ2n) is 5.37. The number of fused-ring (bicyclic) bond motifs is 1. The summed E-state index contributed by atoms with van der Waals surface area (Å²) < 4.78 is 0. The maximum absolute atomic E-state index is 12.1. The van der Waals surface area contributed by atoms with Crippen molar-refractivity contribution in [1.82, 2.24) is 4.98 Å². The SMILES string of the molecule is Cc1[nH]c(CC2C(=O)Nc3ccccc32)c(C)c1C(=O)O. The Labute approximate surface area is 122 Å². The number of rotatable bonds is 3. The minimum absolute atomic E-state index is 0.0419. The maximum atomic E-state index is 12.1. The first-order valence-electron chi connectivity index (χ1n) is 6.80. The Bertz CT molecular complexity index is 746. The fourth-order valence-electron chi connectivity index (χ4n) is 3.02. The molecule has 1 aromatic carbocycles. The van der Waals surface area contributed by atoms with Crippen LogP contribution in [0.25, 0.3) is 0 Å². The Morgan fingerprint density at radius 2 is 2.00 bits per heavy atom. The maximum Gasteiger partial charge on any atom is 0.337 e. The Balaban J connectivity index is 1.97. The standard InChI is InChI=1S/C16H16N2O3/c1-8-13(17-9(2)14(8)16(20)21)7-11-10-5-3-4-6-12(10)18-15(11)19/h3-6,11,17H,7H2,1-2H3,(H,18,19)(H,20,21). The van der Waals surface area contributed by atoms with E-state index in [1.807, 2.05) is 24.3 Å². The van der Waals surface area contributed by atoms with Crippen LogP contribution in [0.3, 0.4) is 0 Å². The molecule has 3 N–H and O–H groups in total. The fraction of sp³-hybridized carbons (Fsp3) is 0.250. The van der Waals surface area contributed by atoms with Gasteiger partial charge in [0, 0.05) is 23.5 Å². The molecule has 108 valence electrons. The van der Waals surface area contributed by atoms with Gasteiger partial charge in [-0.15, -0.1) is 0 Å². The number of para-hydroxylation sites is 1. The second-order valence-corrected chi connectivity index (χ2v) is 5.37. The summed E-state index contributed by atoms with van der Waals surface area (Å²) in [6, 6.07) is 7.60. The third-order valence-electron chi connectivity index (χ3n) is 4.07. The van der Waals surface area contributed by atoms with Gasteiger partial charge in [-0.05, 0) is 31.0 Å². The summed E-state index contributed by atoms with van der Waals surface area (Å²) in [6.07, 6.45) is 0.475. The first-order valence-corrected chi connectivity index (χ1v) is 6.80. The number of nitrogens with one attached hydrogen (secondary N) is 2. The van der Waals surface area contributed by atoms with Crippen LogP contribution >= 0.6 is 0 Å². The predicted molar refractivity (Wildman–Crippen MR) is 78.7 cm³/mol. The first kappa shape index (κ1) is 13.4. The van der Waals surface area contributed by atoms with Crippen molar-refractivity contribution < 1.29 is 14.7 Å². The molecule has 2 aromatic rings. The lowest BCUT2D eigenvalue weighted by Gasteiger charge is -2.08. The van der Waals surface area contributed by atoms with Crippen molar-refractivity contribution in [2.75, 3.05) is 5.32 Å². The van der Waals surface area contributed by atoms with E-state index < -0.39 is 5.97 Å². The number of carboxylic acid groups (broad SMARTS) is 1. The smallest absolute Gasteiger partial charge is 0.337 e. The first-order chi connectivity index (χ1) is 9.99. The Morgan fingerprint density at radius 3 is 2.67 bits per heavy atom. The number of amides is 1. The van der Waals surface area contributed by atoms with E-state index in [2.05, 4.69) is 10.3 Å². The predicted octanol–water partition coefficient (Wildman–Crippen LogP) is 2.61. The van der Waals surface area contributed by atoms with E-state index in [9.17, 15) is 14.7 Å². The van der Waals surface area contributed by atoms with Crippen LogP contribution in [0, 0.1) is 13.8 Å². The van der Waals surface area contributed by atoms with Crippen molar-refractivity contribution in [1.29, 1.82) is 0 Å². The fourth-order valence-corrected chi connectivity index (χ4v) is 3.02. The van der Waals surface area contributed by atoms with E-state index in [4.69, 9.17) is 0 Å². The summed E-state index contributed by atoms with van der Waals surface area (Å²) in [7, 11) is 0.